The van der Waals surface area contributed by atoms with E-state index in [0.29, 0.717) is 11.6 Å². The van der Waals surface area contributed by atoms with Gasteiger partial charge in [-0.2, -0.15) is 11.8 Å². The average Bonchev–Trinajstić information content (AvgIpc) is 2.91. The molecule has 0 amide bonds. The lowest BCUT2D eigenvalue weighted by Gasteiger charge is -2.26. The van der Waals surface area contributed by atoms with Crippen LogP contribution in [0.1, 0.15) is 42.2 Å². The summed E-state index contributed by atoms with van der Waals surface area (Å²) >= 11 is 1.94. The van der Waals surface area contributed by atoms with Crippen molar-refractivity contribution in [3.05, 3.63) is 23.4 Å². The minimum absolute atomic E-state index is 0.226. The van der Waals surface area contributed by atoms with E-state index in [1.54, 1.807) is 12.1 Å². The summed E-state index contributed by atoms with van der Waals surface area (Å²) in [4.78, 5) is 18.0. The highest BCUT2D eigenvalue weighted by Gasteiger charge is 2.22. The molecule has 1 saturated heterocycles. The van der Waals surface area contributed by atoms with Crippen LogP contribution >= 0.6 is 11.8 Å². The predicted octanol–water partition coefficient (Wildman–Crippen LogP) is 2.84. The lowest BCUT2D eigenvalue weighted by atomic mass is 10.1. The van der Waals surface area contributed by atoms with E-state index in [-0.39, 0.29) is 5.92 Å². The molecule has 2 rings (SSSR count). The fourth-order valence-corrected chi connectivity index (χ4v) is 3.42. The second-order valence-electron chi connectivity index (χ2n) is 5.23. The summed E-state index contributed by atoms with van der Waals surface area (Å²) in [5, 5.41) is 9.21. The quantitative estimate of drug-likeness (QED) is 0.919. The van der Waals surface area contributed by atoms with Gasteiger partial charge in [0, 0.05) is 24.5 Å². The molecule has 1 unspecified atom stereocenters. The van der Waals surface area contributed by atoms with Gasteiger partial charge in [-0.1, -0.05) is 13.8 Å². The van der Waals surface area contributed by atoms with Gasteiger partial charge in [-0.3, -0.25) is 0 Å². The van der Waals surface area contributed by atoms with Crippen molar-refractivity contribution in [1.82, 2.24) is 4.98 Å². The number of aromatic nitrogens is 1. The number of rotatable bonds is 4. The normalized spacial score (nSPS) is 18.8. The van der Waals surface area contributed by atoms with E-state index in [2.05, 4.69) is 9.88 Å². The van der Waals surface area contributed by atoms with Crippen LogP contribution in [0.4, 0.5) is 5.82 Å². The zero-order chi connectivity index (χ0) is 14.0. The first-order chi connectivity index (χ1) is 8.99. The van der Waals surface area contributed by atoms with Gasteiger partial charge in [0.2, 0.25) is 0 Å². The molecular weight excluding hydrogens is 260 g/mol. The first-order valence-corrected chi connectivity index (χ1v) is 7.70. The van der Waals surface area contributed by atoms with E-state index < -0.39 is 5.97 Å². The molecule has 1 atom stereocenters. The Bertz CT molecular complexity index is 471. The van der Waals surface area contributed by atoms with Crippen molar-refractivity contribution in [2.75, 3.05) is 23.5 Å². The Morgan fingerprint density at radius 3 is 2.79 bits per heavy atom. The molecule has 2 heterocycles. The van der Waals surface area contributed by atoms with Gasteiger partial charge in [-0.05, 0) is 30.2 Å². The largest absolute Gasteiger partial charge is 0.478 e. The molecule has 1 aromatic rings. The Kier molecular flexibility index (Phi) is 4.34. The van der Waals surface area contributed by atoms with Gasteiger partial charge in [0.05, 0.1) is 5.56 Å². The second kappa shape index (κ2) is 5.82. The van der Waals surface area contributed by atoms with Crippen molar-refractivity contribution in [2.24, 2.45) is 0 Å². The summed E-state index contributed by atoms with van der Waals surface area (Å²) in [7, 11) is 2.01. The van der Waals surface area contributed by atoms with E-state index in [4.69, 9.17) is 0 Å². The Morgan fingerprint density at radius 1 is 1.53 bits per heavy atom. The molecule has 0 spiro atoms. The van der Waals surface area contributed by atoms with Gasteiger partial charge >= 0.3 is 5.97 Å². The number of pyridine rings is 1. The van der Waals surface area contributed by atoms with Crippen LogP contribution in [0.15, 0.2) is 12.1 Å². The summed E-state index contributed by atoms with van der Waals surface area (Å²) < 4.78 is 0. The third kappa shape index (κ3) is 3.21. The van der Waals surface area contributed by atoms with Crippen LogP contribution in [0.3, 0.4) is 0 Å². The van der Waals surface area contributed by atoms with E-state index in [9.17, 15) is 9.90 Å². The molecule has 0 aromatic carbocycles. The summed E-state index contributed by atoms with van der Waals surface area (Å²) in [6.45, 7) is 4.06. The lowest BCUT2D eigenvalue weighted by Crippen LogP contribution is -2.32. The van der Waals surface area contributed by atoms with Crippen LogP contribution in [0.5, 0.6) is 0 Å². The smallest absolute Gasteiger partial charge is 0.335 e. The van der Waals surface area contributed by atoms with Crippen molar-refractivity contribution in [2.45, 2.75) is 32.2 Å². The topological polar surface area (TPSA) is 53.4 Å². The number of carboxylic acids is 1. The molecule has 19 heavy (non-hydrogen) atoms. The molecule has 4 nitrogen and oxygen atoms in total. The maximum absolute atomic E-state index is 11.2. The molecule has 1 aromatic heterocycles. The Hall–Kier alpha value is -1.23. The SMILES string of the molecule is CC(C)c1cc(C(=O)O)cc(N(C)C2CCSC2)n1. The first kappa shape index (κ1) is 14.2. The molecule has 1 N–H and O–H groups in total. The average molecular weight is 280 g/mol. The molecule has 0 radical (unpaired) electrons. The third-order valence-electron chi connectivity index (χ3n) is 3.48. The second-order valence-corrected chi connectivity index (χ2v) is 6.38. The van der Waals surface area contributed by atoms with E-state index in [1.807, 2.05) is 32.7 Å². The Labute approximate surface area is 118 Å². The Morgan fingerprint density at radius 2 is 2.26 bits per heavy atom. The summed E-state index contributed by atoms with van der Waals surface area (Å²) in [5.74, 6) is 2.37. The lowest BCUT2D eigenvalue weighted by molar-refractivity contribution is 0.0696. The van der Waals surface area contributed by atoms with Gasteiger partial charge in [0.1, 0.15) is 5.82 Å². The van der Waals surface area contributed by atoms with Crippen LogP contribution in [-0.2, 0) is 0 Å². The zero-order valence-corrected chi connectivity index (χ0v) is 12.4. The van der Waals surface area contributed by atoms with Crippen molar-refractivity contribution in [1.29, 1.82) is 0 Å². The molecule has 0 bridgehead atoms. The van der Waals surface area contributed by atoms with E-state index in [0.717, 1.165) is 23.7 Å². The fraction of sp³-hybridized carbons (Fsp3) is 0.571. The van der Waals surface area contributed by atoms with Gasteiger partial charge in [0.15, 0.2) is 0 Å². The highest BCUT2D eigenvalue weighted by atomic mass is 32.2. The molecule has 0 aliphatic carbocycles. The highest BCUT2D eigenvalue weighted by molar-refractivity contribution is 7.99. The first-order valence-electron chi connectivity index (χ1n) is 6.55. The number of hydrogen-bond acceptors (Lipinski definition) is 4. The third-order valence-corrected chi connectivity index (χ3v) is 4.63. The summed E-state index contributed by atoms with van der Waals surface area (Å²) in [6, 6.07) is 3.81. The number of hydrogen-bond donors (Lipinski definition) is 1. The molecule has 0 saturated carbocycles. The maximum Gasteiger partial charge on any atom is 0.335 e. The van der Waals surface area contributed by atoms with Crippen molar-refractivity contribution < 1.29 is 9.90 Å². The van der Waals surface area contributed by atoms with Crippen LogP contribution in [-0.4, -0.2) is 40.7 Å². The van der Waals surface area contributed by atoms with Crippen LogP contribution in [0.25, 0.3) is 0 Å². The van der Waals surface area contributed by atoms with Gasteiger partial charge in [-0.15, -0.1) is 0 Å². The molecule has 5 heteroatoms. The minimum atomic E-state index is -0.889. The van der Waals surface area contributed by atoms with Gasteiger partial charge in [0.25, 0.3) is 0 Å². The number of carbonyl (C=O) groups is 1. The molecular formula is C14H20N2O2S. The minimum Gasteiger partial charge on any atom is -0.478 e. The monoisotopic (exact) mass is 280 g/mol. The van der Waals surface area contributed by atoms with E-state index in [1.165, 1.54) is 5.75 Å². The van der Waals surface area contributed by atoms with Gasteiger partial charge < -0.3 is 10.0 Å². The van der Waals surface area contributed by atoms with Gasteiger partial charge in [-0.25, -0.2) is 9.78 Å². The fourth-order valence-electron chi connectivity index (χ4n) is 2.15. The van der Waals surface area contributed by atoms with E-state index >= 15 is 0 Å². The zero-order valence-electron chi connectivity index (χ0n) is 11.6. The van der Waals surface area contributed by atoms with Crippen LogP contribution in [0, 0.1) is 0 Å². The maximum atomic E-state index is 11.2. The molecule has 1 fully saturated rings. The predicted molar refractivity (Wildman–Crippen MR) is 79.4 cm³/mol. The molecule has 104 valence electrons. The summed E-state index contributed by atoms with van der Waals surface area (Å²) in [6.07, 6.45) is 1.14. The molecule has 1 aliphatic heterocycles. The number of anilines is 1. The van der Waals surface area contributed by atoms with Crippen LogP contribution in [0.2, 0.25) is 0 Å². The number of aromatic carboxylic acids is 1. The Balaban J connectivity index is 2.35. The van der Waals surface area contributed by atoms with Crippen LogP contribution < -0.4 is 4.90 Å². The summed E-state index contributed by atoms with van der Waals surface area (Å²) in [5.41, 5.74) is 1.17. The number of thioether (sulfide) groups is 1. The standard InChI is InChI=1S/C14H20N2O2S/c1-9(2)12-6-10(14(17)18)7-13(15-12)16(3)11-4-5-19-8-11/h6-7,9,11H,4-5,8H2,1-3H3,(H,17,18). The number of carboxylic acid groups (broad SMARTS) is 1. The molecule has 1 aliphatic rings. The van der Waals surface area contributed by atoms with Crippen molar-refractivity contribution in [3.8, 4) is 0 Å². The van der Waals surface area contributed by atoms with Crippen molar-refractivity contribution in [3.63, 3.8) is 0 Å². The number of nitrogens with zero attached hydrogens (tertiary/aromatic N) is 2. The highest BCUT2D eigenvalue weighted by Crippen LogP contribution is 2.27. The van der Waals surface area contributed by atoms with Crippen molar-refractivity contribution >= 4 is 23.5 Å².